The van der Waals surface area contributed by atoms with E-state index in [1.54, 1.807) is 6.56 Å². The molecule has 0 aromatic carbocycles. The maximum Gasteiger partial charge on any atom is -0.147 e. The smallest absolute Gasteiger partial charge is 0.147 e. The molecule has 0 aliphatic heterocycles. The van der Waals surface area contributed by atoms with Crippen molar-refractivity contribution in [1.29, 1.82) is 0 Å². The maximum atomic E-state index is 6.15. The van der Waals surface area contributed by atoms with Crippen LogP contribution in [-0.2, 0) is 25.0 Å². The molecule has 2 aliphatic rings. The number of hydrogen-bond donors (Lipinski definition) is 0. The Hall–Kier alpha value is 0.0931. The summed E-state index contributed by atoms with van der Waals surface area (Å²) in [6, 6.07) is 0. The van der Waals surface area contributed by atoms with Crippen LogP contribution in [0.4, 0.5) is 0 Å². The summed E-state index contributed by atoms with van der Waals surface area (Å²) in [4.78, 5) is 0. The van der Waals surface area contributed by atoms with Crippen LogP contribution in [0.2, 0.25) is 0 Å². The van der Waals surface area contributed by atoms with Crippen LogP contribution in [0.25, 0.3) is 0 Å². The molecule has 0 spiro atoms. The molecule has 0 N–H and O–H groups in total. The summed E-state index contributed by atoms with van der Waals surface area (Å²) in [6.07, 6.45) is 11.3. The van der Waals surface area contributed by atoms with Crippen molar-refractivity contribution in [2.24, 2.45) is 0 Å². The molecule has 0 fully saturated rings. The molecule has 0 radical (unpaired) electrons. The van der Waals surface area contributed by atoms with Crippen LogP contribution in [0.5, 0.6) is 0 Å². The fourth-order valence-corrected chi connectivity index (χ4v) is 8.40. The Morgan fingerprint density at radius 1 is 1.06 bits per heavy atom. The van der Waals surface area contributed by atoms with Gasteiger partial charge in [-0.2, -0.15) is 0 Å². The van der Waals surface area contributed by atoms with Gasteiger partial charge in [-0.1, -0.05) is 0 Å². The fourth-order valence-electron chi connectivity index (χ4n) is 2.27. The third kappa shape index (κ3) is 3.31. The fraction of sp³-hybridized carbons (Fsp3) is 0.429. The molecule has 0 amide bonds. The molecule has 2 aliphatic carbocycles. The average Bonchev–Trinajstić information content (AvgIpc) is 2.84. The van der Waals surface area contributed by atoms with E-state index in [9.17, 15) is 0 Å². The Balaban J connectivity index is 0.00000144. The molecule has 3 heteroatoms. The number of hydrogen-bond acceptors (Lipinski definition) is 1. The van der Waals surface area contributed by atoms with Crippen molar-refractivity contribution in [3.05, 3.63) is 42.0 Å². The van der Waals surface area contributed by atoms with Gasteiger partial charge < -0.3 is 0 Å². The summed E-state index contributed by atoms with van der Waals surface area (Å²) in [6.45, 7) is 7.45. The Morgan fingerprint density at radius 2 is 1.53 bits per heavy atom. The summed E-state index contributed by atoms with van der Waals surface area (Å²) in [5.41, 5.74) is 2.94. The zero-order chi connectivity index (χ0) is 11.5. The Morgan fingerprint density at radius 3 is 1.82 bits per heavy atom. The molecular weight excluding hydrogens is 311 g/mol. The third-order valence-corrected chi connectivity index (χ3v) is 10.2. The SMILES string of the molecule is CC[O][Zr]([C]1=C(C)C=CC1)[C]1=C(C)C=CC1.Cl. The van der Waals surface area contributed by atoms with Gasteiger partial charge in [0.15, 0.2) is 0 Å². The Kier molecular flexibility index (Phi) is 6.13. The van der Waals surface area contributed by atoms with Gasteiger partial charge in [0.2, 0.25) is 0 Å². The summed E-state index contributed by atoms with van der Waals surface area (Å²) in [5, 5.41) is 0. The molecule has 0 saturated carbocycles. The Bertz CT molecular complexity index is 368. The second kappa shape index (κ2) is 6.87. The van der Waals surface area contributed by atoms with E-state index in [4.69, 9.17) is 2.81 Å². The first-order chi connectivity index (χ1) is 7.74. The molecule has 0 saturated heterocycles. The van der Waals surface area contributed by atoms with E-state index in [0.29, 0.717) is 0 Å². The van der Waals surface area contributed by atoms with Crippen molar-refractivity contribution in [3.63, 3.8) is 0 Å². The van der Waals surface area contributed by atoms with E-state index in [1.807, 2.05) is 0 Å². The second-order valence-electron chi connectivity index (χ2n) is 4.30. The van der Waals surface area contributed by atoms with Crippen LogP contribution in [0.3, 0.4) is 0 Å². The summed E-state index contributed by atoms with van der Waals surface area (Å²) in [7, 11) is 0. The molecule has 1 nitrogen and oxygen atoms in total. The van der Waals surface area contributed by atoms with Crippen molar-refractivity contribution in [2.45, 2.75) is 33.6 Å². The van der Waals surface area contributed by atoms with Crippen LogP contribution in [-0.4, -0.2) is 6.61 Å². The first-order valence-electron chi connectivity index (χ1n) is 5.97. The van der Waals surface area contributed by atoms with Gasteiger partial charge in [-0.05, 0) is 0 Å². The van der Waals surface area contributed by atoms with Gasteiger partial charge in [0.1, 0.15) is 0 Å². The molecule has 0 unspecified atom stereocenters. The third-order valence-electron chi connectivity index (χ3n) is 3.17. The van der Waals surface area contributed by atoms with E-state index in [-0.39, 0.29) is 12.4 Å². The normalized spacial score (nSPS) is 18.1. The van der Waals surface area contributed by atoms with Gasteiger partial charge in [-0.15, -0.1) is 12.4 Å². The molecule has 2 rings (SSSR count). The Labute approximate surface area is 119 Å². The van der Waals surface area contributed by atoms with Crippen molar-refractivity contribution in [3.8, 4) is 0 Å². The topological polar surface area (TPSA) is 9.23 Å². The molecule has 0 aromatic heterocycles. The van der Waals surface area contributed by atoms with Gasteiger partial charge in [-0.3, -0.25) is 0 Å². The predicted molar refractivity (Wildman–Crippen MR) is 71.8 cm³/mol. The van der Waals surface area contributed by atoms with Crippen LogP contribution in [0, 0.1) is 0 Å². The van der Waals surface area contributed by atoms with Gasteiger partial charge in [0.25, 0.3) is 0 Å². The van der Waals surface area contributed by atoms with Gasteiger partial charge in [0, 0.05) is 0 Å². The monoisotopic (exact) mass is 329 g/mol. The van der Waals surface area contributed by atoms with E-state index in [2.05, 4.69) is 45.1 Å². The van der Waals surface area contributed by atoms with E-state index >= 15 is 0 Å². The maximum absolute atomic E-state index is 6.15. The minimum Gasteiger partial charge on any atom is -0.147 e. The van der Waals surface area contributed by atoms with Crippen molar-refractivity contribution in [2.75, 3.05) is 6.61 Å². The van der Waals surface area contributed by atoms with E-state index in [0.717, 1.165) is 19.4 Å². The van der Waals surface area contributed by atoms with Gasteiger partial charge in [-0.25, -0.2) is 0 Å². The summed E-state index contributed by atoms with van der Waals surface area (Å²) >= 11 is -1.95. The molecular formula is C14H20ClOZr. The first kappa shape index (κ1) is 15.2. The zero-order valence-electron chi connectivity index (χ0n) is 10.7. The van der Waals surface area contributed by atoms with Gasteiger partial charge >= 0.3 is 107 Å². The standard InChI is InChI=1S/2C6H7.C2H5O.ClH.Zr/c2*1-6-4-2-3-5-6;1-2-3;;/h2*2,4H,3H2,1H3;2H2,1H3;1H;/q;;-1;;+1. The summed E-state index contributed by atoms with van der Waals surface area (Å²) < 4.78 is 9.43. The zero-order valence-corrected chi connectivity index (χ0v) is 14.0. The van der Waals surface area contributed by atoms with Gasteiger partial charge in [0.05, 0.1) is 0 Å². The van der Waals surface area contributed by atoms with Crippen molar-refractivity contribution < 1.29 is 25.0 Å². The molecule has 0 heterocycles. The molecule has 17 heavy (non-hydrogen) atoms. The quantitative estimate of drug-likeness (QED) is 0.740. The first-order valence-corrected chi connectivity index (χ1v) is 9.43. The number of rotatable bonds is 4. The number of allylic oxidation sites excluding steroid dienone is 8. The molecule has 0 bridgehead atoms. The minimum atomic E-state index is -1.95. The van der Waals surface area contributed by atoms with E-state index in [1.165, 1.54) is 11.1 Å². The molecule has 0 aromatic rings. The summed E-state index contributed by atoms with van der Waals surface area (Å²) in [5.74, 6) is 0. The molecule has 0 atom stereocenters. The van der Waals surface area contributed by atoms with Crippen LogP contribution in [0.1, 0.15) is 33.6 Å². The van der Waals surface area contributed by atoms with Crippen molar-refractivity contribution >= 4 is 12.4 Å². The van der Waals surface area contributed by atoms with Crippen LogP contribution in [0.15, 0.2) is 42.0 Å². The largest absolute Gasteiger partial charge is 0.147 e. The van der Waals surface area contributed by atoms with Crippen LogP contribution >= 0.6 is 12.4 Å². The average molecular weight is 331 g/mol. The van der Waals surface area contributed by atoms with Crippen LogP contribution < -0.4 is 0 Å². The predicted octanol–water partition coefficient (Wildman–Crippen LogP) is 4.45. The minimum absolute atomic E-state index is 0. The second-order valence-corrected chi connectivity index (χ2v) is 9.59. The van der Waals surface area contributed by atoms with E-state index < -0.39 is 22.2 Å². The number of halogens is 1. The molecule has 93 valence electrons. The van der Waals surface area contributed by atoms with Crippen molar-refractivity contribution in [1.82, 2.24) is 0 Å².